The topological polar surface area (TPSA) is 73.1 Å². The van der Waals surface area contributed by atoms with E-state index in [9.17, 15) is 4.79 Å². The smallest absolute Gasteiger partial charge is 0.298 e. The van der Waals surface area contributed by atoms with E-state index < -0.39 is 0 Å². The minimum atomic E-state index is -0.282. The second-order valence-corrected chi connectivity index (χ2v) is 7.01. The van der Waals surface area contributed by atoms with Crippen LogP contribution < -0.4 is 4.90 Å². The lowest BCUT2D eigenvalue weighted by Crippen LogP contribution is -2.38. The highest BCUT2D eigenvalue weighted by Gasteiger charge is 2.28. The molecule has 1 aliphatic rings. The average molecular weight is 398 g/mol. The monoisotopic (exact) mass is 397 g/mol. The summed E-state index contributed by atoms with van der Waals surface area (Å²) in [5.41, 5.74) is 1.42. The molecule has 1 saturated heterocycles. The van der Waals surface area contributed by atoms with E-state index in [4.69, 9.17) is 16.3 Å². The van der Waals surface area contributed by atoms with Crippen LogP contribution in [0.25, 0.3) is 5.69 Å². The van der Waals surface area contributed by atoms with Gasteiger partial charge in [0.25, 0.3) is 5.91 Å². The fourth-order valence-corrected chi connectivity index (χ4v) is 3.49. The van der Waals surface area contributed by atoms with Gasteiger partial charge in [0, 0.05) is 24.7 Å². The number of anilines is 1. The normalized spacial score (nSPS) is 16.3. The SMILES string of the molecule is Cc1nc(C(=O)N(C[C@@H]2CCCO2)c2ccncc2)nn1-c1ccccc1Cl. The van der Waals surface area contributed by atoms with Gasteiger partial charge in [-0.2, -0.15) is 0 Å². The Bertz CT molecular complexity index is 970. The number of hydrogen-bond donors (Lipinski definition) is 0. The predicted octanol–water partition coefficient (Wildman–Crippen LogP) is 3.45. The maximum absolute atomic E-state index is 13.3. The molecule has 0 radical (unpaired) electrons. The van der Waals surface area contributed by atoms with Gasteiger partial charge < -0.3 is 9.64 Å². The number of carbonyl (C=O) groups is 1. The third-order valence-electron chi connectivity index (χ3n) is 4.67. The Morgan fingerprint density at radius 2 is 2.07 bits per heavy atom. The number of rotatable bonds is 5. The molecular formula is C20H20ClN5O2. The zero-order valence-corrected chi connectivity index (χ0v) is 16.2. The molecule has 8 heteroatoms. The number of para-hydroxylation sites is 1. The largest absolute Gasteiger partial charge is 0.376 e. The molecule has 1 amide bonds. The molecule has 0 bridgehead atoms. The van der Waals surface area contributed by atoms with Crippen molar-refractivity contribution in [3.05, 3.63) is 65.5 Å². The summed E-state index contributed by atoms with van der Waals surface area (Å²) < 4.78 is 7.32. The van der Waals surface area contributed by atoms with Crippen LogP contribution >= 0.6 is 11.6 Å². The fourth-order valence-electron chi connectivity index (χ4n) is 3.27. The highest BCUT2D eigenvalue weighted by Crippen LogP contribution is 2.23. The van der Waals surface area contributed by atoms with Crippen molar-refractivity contribution in [3.8, 4) is 5.69 Å². The summed E-state index contributed by atoms with van der Waals surface area (Å²) in [5, 5.41) is 4.98. The molecule has 0 saturated carbocycles. The van der Waals surface area contributed by atoms with Crippen LogP contribution in [0.3, 0.4) is 0 Å². The van der Waals surface area contributed by atoms with E-state index >= 15 is 0 Å². The predicted molar refractivity (Wildman–Crippen MR) is 106 cm³/mol. The van der Waals surface area contributed by atoms with Crippen molar-refractivity contribution in [3.63, 3.8) is 0 Å². The number of ether oxygens (including phenoxy) is 1. The van der Waals surface area contributed by atoms with Crippen LogP contribution in [-0.4, -0.2) is 44.9 Å². The number of nitrogens with zero attached hydrogens (tertiary/aromatic N) is 5. The molecule has 0 aliphatic carbocycles. The Labute approximate surface area is 167 Å². The van der Waals surface area contributed by atoms with Gasteiger partial charge in [0.2, 0.25) is 5.82 Å². The molecule has 0 unspecified atom stereocenters. The fraction of sp³-hybridized carbons (Fsp3) is 0.300. The second kappa shape index (κ2) is 8.08. The molecule has 2 aromatic heterocycles. The van der Waals surface area contributed by atoms with Crippen LogP contribution in [0.4, 0.5) is 5.69 Å². The number of pyridine rings is 1. The minimum absolute atomic E-state index is 0.00358. The zero-order valence-electron chi connectivity index (χ0n) is 15.5. The molecule has 144 valence electrons. The average Bonchev–Trinajstić information content (AvgIpc) is 3.36. The molecule has 3 aromatic rings. The van der Waals surface area contributed by atoms with E-state index in [0.29, 0.717) is 23.1 Å². The van der Waals surface area contributed by atoms with Crippen molar-refractivity contribution >= 4 is 23.2 Å². The van der Waals surface area contributed by atoms with E-state index in [1.165, 1.54) is 0 Å². The third kappa shape index (κ3) is 3.76. The standard InChI is InChI=1S/C20H20ClN5O2/c1-14-23-19(24-26(14)18-7-3-2-6-17(18)21)20(27)25(13-16-5-4-12-28-16)15-8-10-22-11-9-15/h2-3,6-11,16H,4-5,12-13H2,1H3/t16-/m0/s1. The molecule has 0 spiro atoms. The quantitative estimate of drug-likeness (QED) is 0.659. The summed E-state index contributed by atoms with van der Waals surface area (Å²) in [6.45, 7) is 2.97. The molecule has 1 atom stereocenters. The lowest BCUT2D eigenvalue weighted by Gasteiger charge is -2.24. The summed E-state index contributed by atoms with van der Waals surface area (Å²) in [6.07, 6.45) is 5.25. The molecule has 1 aliphatic heterocycles. The van der Waals surface area contributed by atoms with Crippen molar-refractivity contribution in [2.75, 3.05) is 18.1 Å². The van der Waals surface area contributed by atoms with Gasteiger partial charge in [-0.3, -0.25) is 9.78 Å². The van der Waals surface area contributed by atoms with Gasteiger partial charge in [0.15, 0.2) is 0 Å². The molecule has 3 heterocycles. The molecule has 7 nitrogen and oxygen atoms in total. The van der Waals surface area contributed by atoms with E-state index in [0.717, 1.165) is 25.1 Å². The zero-order chi connectivity index (χ0) is 19.5. The molecule has 0 N–H and O–H groups in total. The number of benzene rings is 1. The third-order valence-corrected chi connectivity index (χ3v) is 4.99. The molecule has 28 heavy (non-hydrogen) atoms. The first kappa shape index (κ1) is 18.6. The molecular weight excluding hydrogens is 378 g/mol. The Hall–Kier alpha value is -2.77. The van der Waals surface area contributed by atoms with E-state index in [1.807, 2.05) is 18.2 Å². The van der Waals surface area contributed by atoms with Gasteiger partial charge in [0.1, 0.15) is 5.82 Å². The van der Waals surface area contributed by atoms with E-state index in [2.05, 4.69) is 15.1 Å². The van der Waals surface area contributed by atoms with Crippen LogP contribution in [0.2, 0.25) is 5.02 Å². The van der Waals surface area contributed by atoms with Gasteiger partial charge in [0.05, 0.1) is 23.4 Å². The van der Waals surface area contributed by atoms with Crippen molar-refractivity contribution in [1.82, 2.24) is 19.7 Å². The maximum atomic E-state index is 13.3. The first-order valence-electron chi connectivity index (χ1n) is 9.15. The summed E-state index contributed by atoms with van der Waals surface area (Å²) in [7, 11) is 0. The van der Waals surface area contributed by atoms with Gasteiger partial charge in [-0.25, -0.2) is 9.67 Å². The first-order chi connectivity index (χ1) is 13.6. The summed E-state index contributed by atoms with van der Waals surface area (Å²) in [6, 6.07) is 10.9. The molecule has 1 aromatic carbocycles. The van der Waals surface area contributed by atoms with E-state index in [1.54, 1.807) is 47.1 Å². The first-order valence-corrected chi connectivity index (χ1v) is 9.53. The van der Waals surface area contributed by atoms with Crippen molar-refractivity contribution < 1.29 is 9.53 Å². The molecule has 1 fully saturated rings. The number of carbonyl (C=O) groups excluding carboxylic acids is 1. The molecule has 4 rings (SSSR count). The van der Waals surface area contributed by atoms with Crippen LogP contribution in [0, 0.1) is 6.92 Å². The summed E-state index contributed by atoms with van der Waals surface area (Å²) >= 11 is 6.28. The Balaban J connectivity index is 1.67. The number of halogens is 1. The number of aryl methyl sites for hydroxylation is 1. The van der Waals surface area contributed by atoms with Gasteiger partial charge >= 0.3 is 0 Å². The number of amides is 1. The Kier molecular flexibility index (Phi) is 5.36. The van der Waals surface area contributed by atoms with Crippen molar-refractivity contribution in [1.29, 1.82) is 0 Å². The lowest BCUT2D eigenvalue weighted by atomic mass is 10.2. The second-order valence-electron chi connectivity index (χ2n) is 6.60. The summed E-state index contributed by atoms with van der Waals surface area (Å²) in [4.78, 5) is 23.4. The number of aromatic nitrogens is 4. The van der Waals surface area contributed by atoms with Crippen LogP contribution in [-0.2, 0) is 4.74 Å². The Morgan fingerprint density at radius 3 is 2.79 bits per heavy atom. The number of hydrogen-bond acceptors (Lipinski definition) is 5. The highest BCUT2D eigenvalue weighted by atomic mass is 35.5. The lowest BCUT2D eigenvalue weighted by molar-refractivity contribution is 0.0909. The highest BCUT2D eigenvalue weighted by molar-refractivity contribution is 6.32. The Morgan fingerprint density at radius 1 is 1.29 bits per heavy atom. The van der Waals surface area contributed by atoms with Crippen LogP contribution in [0.5, 0.6) is 0 Å². The van der Waals surface area contributed by atoms with Gasteiger partial charge in [-0.1, -0.05) is 23.7 Å². The van der Waals surface area contributed by atoms with Crippen molar-refractivity contribution in [2.24, 2.45) is 0 Å². The van der Waals surface area contributed by atoms with Crippen LogP contribution in [0.15, 0.2) is 48.8 Å². The van der Waals surface area contributed by atoms with Gasteiger partial charge in [-0.05, 0) is 44.0 Å². The van der Waals surface area contributed by atoms with Gasteiger partial charge in [-0.15, -0.1) is 5.10 Å². The maximum Gasteiger partial charge on any atom is 0.298 e. The minimum Gasteiger partial charge on any atom is -0.376 e. The summed E-state index contributed by atoms with van der Waals surface area (Å²) in [5.74, 6) is 0.422. The van der Waals surface area contributed by atoms with Crippen LogP contribution in [0.1, 0.15) is 29.3 Å². The van der Waals surface area contributed by atoms with Crippen molar-refractivity contribution in [2.45, 2.75) is 25.9 Å². The van der Waals surface area contributed by atoms with E-state index in [-0.39, 0.29) is 17.8 Å².